The SMILES string of the molecule is c1n[nH]cc1CC1CC2(CNC2)C1. The summed E-state index contributed by atoms with van der Waals surface area (Å²) in [5.74, 6) is 0.916. The van der Waals surface area contributed by atoms with Crippen LogP contribution in [0.4, 0.5) is 0 Å². The monoisotopic (exact) mass is 177 g/mol. The Hall–Kier alpha value is -0.830. The van der Waals surface area contributed by atoms with Gasteiger partial charge in [-0.15, -0.1) is 0 Å². The van der Waals surface area contributed by atoms with E-state index in [-0.39, 0.29) is 0 Å². The van der Waals surface area contributed by atoms with E-state index in [1.807, 2.05) is 12.4 Å². The van der Waals surface area contributed by atoms with E-state index in [9.17, 15) is 0 Å². The van der Waals surface area contributed by atoms with Crippen LogP contribution in [0.3, 0.4) is 0 Å². The van der Waals surface area contributed by atoms with E-state index in [1.54, 1.807) is 0 Å². The molecule has 1 aromatic heterocycles. The third-order valence-electron chi connectivity index (χ3n) is 3.52. The number of nitrogens with one attached hydrogen (secondary N) is 2. The molecule has 0 atom stereocenters. The lowest BCUT2D eigenvalue weighted by molar-refractivity contribution is 0.000895. The number of hydrogen-bond donors (Lipinski definition) is 2. The zero-order chi connectivity index (χ0) is 8.73. The average molecular weight is 177 g/mol. The van der Waals surface area contributed by atoms with Crippen LogP contribution in [0, 0.1) is 11.3 Å². The Balaban J connectivity index is 1.54. The van der Waals surface area contributed by atoms with Gasteiger partial charge in [-0.3, -0.25) is 5.10 Å². The van der Waals surface area contributed by atoms with Gasteiger partial charge < -0.3 is 5.32 Å². The molecule has 1 saturated carbocycles. The van der Waals surface area contributed by atoms with Crippen LogP contribution >= 0.6 is 0 Å². The highest BCUT2D eigenvalue weighted by molar-refractivity contribution is 5.09. The molecular weight excluding hydrogens is 162 g/mol. The summed E-state index contributed by atoms with van der Waals surface area (Å²) >= 11 is 0. The van der Waals surface area contributed by atoms with Crippen LogP contribution < -0.4 is 5.32 Å². The number of aromatic nitrogens is 2. The first kappa shape index (κ1) is 7.56. The highest BCUT2D eigenvalue weighted by Crippen LogP contribution is 2.49. The van der Waals surface area contributed by atoms with Crippen molar-refractivity contribution in [3.63, 3.8) is 0 Å². The Bertz CT molecular complexity index is 279. The zero-order valence-corrected chi connectivity index (χ0v) is 7.71. The van der Waals surface area contributed by atoms with Crippen molar-refractivity contribution in [2.24, 2.45) is 11.3 Å². The number of hydrogen-bond acceptors (Lipinski definition) is 2. The number of rotatable bonds is 2. The van der Waals surface area contributed by atoms with Gasteiger partial charge in [0.05, 0.1) is 6.20 Å². The second kappa shape index (κ2) is 2.58. The molecule has 2 fully saturated rings. The Labute approximate surface area is 77.9 Å². The minimum atomic E-state index is 0.717. The van der Waals surface area contributed by atoms with E-state index in [0.29, 0.717) is 5.41 Å². The van der Waals surface area contributed by atoms with E-state index in [0.717, 1.165) is 5.92 Å². The van der Waals surface area contributed by atoms with Crippen LogP contribution in [0.5, 0.6) is 0 Å². The molecule has 1 aromatic rings. The van der Waals surface area contributed by atoms with E-state index >= 15 is 0 Å². The minimum Gasteiger partial charge on any atom is -0.316 e. The van der Waals surface area contributed by atoms with E-state index in [1.165, 1.54) is 37.9 Å². The van der Waals surface area contributed by atoms with Gasteiger partial charge in [0, 0.05) is 19.3 Å². The van der Waals surface area contributed by atoms with Gasteiger partial charge in [-0.25, -0.2) is 0 Å². The van der Waals surface area contributed by atoms with Gasteiger partial charge in [-0.1, -0.05) is 0 Å². The fourth-order valence-corrected chi connectivity index (χ4v) is 2.80. The van der Waals surface area contributed by atoms with Gasteiger partial charge in [-0.2, -0.15) is 5.10 Å². The van der Waals surface area contributed by atoms with E-state index in [4.69, 9.17) is 0 Å². The Kier molecular flexibility index (Phi) is 1.50. The van der Waals surface area contributed by atoms with Crippen molar-refractivity contribution in [2.45, 2.75) is 19.3 Å². The summed E-state index contributed by atoms with van der Waals surface area (Å²) in [6.07, 6.45) is 8.03. The molecule has 3 rings (SSSR count). The molecule has 0 unspecified atom stereocenters. The molecule has 3 heteroatoms. The van der Waals surface area contributed by atoms with Crippen LogP contribution in [0.25, 0.3) is 0 Å². The molecule has 13 heavy (non-hydrogen) atoms. The Morgan fingerprint density at radius 3 is 2.85 bits per heavy atom. The van der Waals surface area contributed by atoms with Crippen LogP contribution in [-0.2, 0) is 6.42 Å². The number of H-pyrrole nitrogens is 1. The zero-order valence-electron chi connectivity index (χ0n) is 7.71. The predicted octanol–water partition coefficient (Wildman–Crippen LogP) is 0.952. The van der Waals surface area contributed by atoms with Crippen molar-refractivity contribution in [3.05, 3.63) is 18.0 Å². The maximum atomic E-state index is 3.97. The van der Waals surface area contributed by atoms with E-state index < -0.39 is 0 Å². The van der Waals surface area contributed by atoms with Crippen LogP contribution in [0.2, 0.25) is 0 Å². The molecule has 0 aromatic carbocycles. The highest BCUT2D eigenvalue weighted by atomic mass is 15.1. The summed E-state index contributed by atoms with van der Waals surface area (Å²) < 4.78 is 0. The molecule has 3 nitrogen and oxygen atoms in total. The van der Waals surface area contributed by atoms with Crippen molar-refractivity contribution < 1.29 is 0 Å². The van der Waals surface area contributed by atoms with Gasteiger partial charge in [0.2, 0.25) is 0 Å². The van der Waals surface area contributed by atoms with Crippen molar-refractivity contribution in [1.82, 2.24) is 15.5 Å². The highest BCUT2D eigenvalue weighted by Gasteiger charge is 2.47. The summed E-state index contributed by atoms with van der Waals surface area (Å²) in [6.45, 7) is 2.52. The summed E-state index contributed by atoms with van der Waals surface area (Å²) in [4.78, 5) is 0. The molecule has 0 bridgehead atoms. The van der Waals surface area contributed by atoms with Gasteiger partial charge in [-0.05, 0) is 36.2 Å². The predicted molar refractivity (Wildman–Crippen MR) is 50.3 cm³/mol. The number of nitrogens with zero attached hydrogens (tertiary/aromatic N) is 1. The van der Waals surface area contributed by atoms with Crippen molar-refractivity contribution in [2.75, 3.05) is 13.1 Å². The maximum Gasteiger partial charge on any atom is 0.0519 e. The lowest BCUT2D eigenvalue weighted by atomic mass is 9.57. The molecule has 2 heterocycles. The lowest BCUT2D eigenvalue weighted by Crippen LogP contribution is -2.60. The standard InChI is InChI=1S/C10H15N3/c1(9-4-12-13-5-9)8-2-10(3-8)6-11-7-10/h4-5,8,11H,1-3,6-7H2,(H,12,13). The average Bonchev–Trinajstić information content (AvgIpc) is 2.43. The molecule has 0 amide bonds. The van der Waals surface area contributed by atoms with Gasteiger partial charge >= 0.3 is 0 Å². The summed E-state index contributed by atoms with van der Waals surface area (Å²) in [5, 5.41) is 10.2. The normalized spacial score (nSPS) is 25.5. The smallest absolute Gasteiger partial charge is 0.0519 e. The lowest BCUT2D eigenvalue weighted by Gasteiger charge is -2.54. The van der Waals surface area contributed by atoms with Crippen LogP contribution in [0.1, 0.15) is 18.4 Å². The third-order valence-corrected chi connectivity index (χ3v) is 3.52. The quantitative estimate of drug-likeness (QED) is 0.706. The molecule has 1 saturated heterocycles. The first-order valence-corrected chi connectivity index (χ1v) is 5.05. The first-order valence-electron chi connectivity index (χ1n) is 5.05. The van der Waals surface area contributed by atoms with Crippen molar-refractivity contribution in [3.8, 4) is 0 Å². The molecular formula is C10H15N3. The fraction of sp³-hybridized carbons (Fsp3) is 0.700. The molecule has 70 valence electrons. The first-order chi connectivity index (χ1) is 6.36. The Morgan fingerprint density at radius 2 is 2.31 bits per heavy atom. The third kappa shape index (κ3) is 1.18. The van der Waals surface area contributed by atoms with Crippen molar-refractivity contribution >= 4 is 0 Å². The summed E-state index contributed by atoms with van der Waals surface area (Å²) in [6, 6.07) is 0. The second-order valence-electron chi connectivity index (χ2n) is 4.69. The molecule has 1 aliphatic heterocycles. The molecule has 1 spiro atoms. The molecule has 2 N–H and O–H groups in total. The van der Waals surface area contributed by atoms with Gasteiger partial charge in [0.1, 0.15) is 0 Å². The maximum absolute atomic E-state index is 3.97. The minimum absolute atomic E-state index is 0.717. The van der Waals surface area contributed by atoms with Gasteiger partial charge in [0.15, 0.2) is 0 Å². The molecule has 2 aliphatic rings. The second-order valence-corrected chi connectivity index (χ2v) is 4.69. The van der Waals surface area contributed by atoms with Crippen molar-refractivity contribution in [1.29, 1.82) is 0 Å². The van der Waals surface area contributed by atoms with Gasteiger partial charge in [0.25, 0.3) is 0 Å². The molecule has 0 radical (unpaired) electrons. The van der Waals surface area contributed by atoms with E-state index in [2.05, 4.69) is 15.5 Å². The summed E-state index contributed by atoms with van der Waals surface area (Å²) in [7, 11) is 0. The van der Waals surface area contributed by atoms with Crippen LogP contribution in [-0.4, -0.2) is 23.3 Å². The Morgan fingerprint density at radius 1 is 1.46 bits per heavy atom. The molecule has 1 aliphatic carbocycles. The fourth-order valence-electron chi connectivity index (χ4n) is 2.80. The van der Waals surface area contributed by atoms with Crippen LogP contribution in [0.15, 0.2) is 12.4 Å². The summed E-state index contributed by atoms with van der Waals surface area (Å²) in [5.41, 5.74) is 2.08. The largest absolute Gasteiger partial charge is 0.316 e. The topological polar surface area (TPSA) is 40.7 Å². The number of aromatic amines is 1.